The van der Waals surface area contributed by atoms with Crippen LogP contribution in [0.5, 0.6) is 0 Å². The molecule has 0 aliphatic carbocycles. The van der Waals surface area contributed by atoms with Crippen LogP contribution < -0.4 is 11.0 Å². The minimum Gasteiger partial charge on any atom is -0.445 e. The molecule has 132 valence electrons. The van der Waals surface area contributed by atoms with E-state index < -0.39 is 42.7 Å². The van der Waals surface area contributed by atoms with E-state index in [-0.39, 0.29) is 12.4 Å². The van der Waals surface area contributed by atoms with Crippen LogP contribution in [0.3, 0.4) is 0 Å². The maximum absolute atomic E-state index is 14.0. The van der Waals surface area contributed by atoms with Gasteiger partial charge in [-0.3, -0.25) is 9.88 Å². The van der Waals surface area contributed by atoms with E-state index in [2.05, 4.69) is 21.6 Å². The minimum atomic E-state index is -3.81. The number of nitrogens with zero attached hydrogens (tertiary/aromatic N) is 2. The van der Waals surface area contributed by atoms with Gasteiger partial charge in [0, 0.05) is 6.20 Å². The lowest BCUT2D eigenvalue weighted by Gasteiger charge is -2.21. The van der Waals surface area contributed by atoms with Crippen molar-refractivity contribution in [3.63, 3.8) is 0 Å². The first kappa shape index (κ1) is 18.0. The molecule has 2 heterocycles. The summed E-state index contributed by atoms with van der Waals surface area (Å²) in [5.74, 6) is -4.03. The van der Waals surface area contributed by atoms with Crippen LogP contribution in [0, 0.1) is 0 Å². The molecular weight excluding hydrogens is 332 g/mol. The van der Waals surface area contributed by atoms with Gasteiger partial charge in [-0.15, -0.1) is 0 Å². The van der Waals surface area contributed by atoms with Crippen LogP contribution >= 0.6 is 0 Å². The summed E-state index contributed by atoms with van der Waals surface area (Å²) in [6.07, 6.45) is -4.60. The van der Waals surface area contributed by atoms with Gasteiger partial charge in [0.05, 0.1) is 6.61 Å². The molecule has 24 heavy (non-hydrogen) atoms. The zero-order valence-electron chi connectivity index (χ0n) is 12.3. The maximum atomic E-state index is 14.0. The Morgan fingerprint density at radius 3 is 2.88 bits per heavy atom. The van der Waals surface area contributed by atoms with Crippen molar-refractivity contribution >= 4 is 11.9 Å². The smallest absolute Gasteiger partial charge is 0.413 e. The highest BCUT2D eigenvalue weighted by atomic mass is 19.3. The molecule has 0 aromatic carbocycles. The highest BCUT2D eigenvalue weighted by Crippen LogP contribution is 2.41. The predicted octanol–water partition coefficient (Wildman–Crippen LogP) is -0.136. The van der Waals surface area contributed by atoms with Gasteiger partial charge < -0.3 is 19.7 Å². The molecule has 1 amide bonds. The number of aliphatic hydroxyl groups excluding tert-OH is 2. The summed E-state index contributed by atoms with van der Waals surface area (Å²) in [5, 5.41) is 20.5. The quantitative estimate of drug-likeness (QED) is 0.634. The number of aromatic nitrogens is 2. The Kier molecular flexibility index (Phi) is 5.26. The zero-order valence-corrected chi connectivity index (χ0v) is 12.3. The van der Waals surface area contributed by atoms with E-state index in [1.807, 2.05) is 0 Å². The van der Waals surface area contributed by atoms with Crippen molar-refractivity contribution in [1.82, 2.24) is 9.55 Å². The Labute approximate surface area is 134 Å². The summed E-state index contributed by atoms with van der Waals surface area (Å²) in [4.78, 5) is 26.6. The third-order valence-electron chi connectivity index (χ3n) is 3.20. The lowest BCUT2D eigenvalue weighted by atomic mass is 10.1. The highest BCUT2D eigenvalue weighted by molar-refractivity contribution is 5.83. The van der Waals surface area contributed by atoms with Crippen molar-refractivity contribution in [3.05, 3.63) is 35.4 Å². The van der Waals surface area contributed by atoms with E-state index in [1.165, 1.54) is 6.08 Å². The van der Waals surface area contributed by atoms with Crippen LogP contribution in [0.2, 0.25) is 0 Å². The SMILES string of the molecule is C=CCOC(=O)Nc1ccn([C@H]2O[C@H](CO)[C@@H](O)C2(F)F)c(=O)n1. The van der Waals surface area contributed by atoms with Crippen LogP contribution in [0.25, 0.3) is 0 Å². The lowest BCUT2D eigenvalue weighted by Crippen LogP contribution is -2.41. The number of carbonyl (C=O) groups excluding carboxylic acids is 1. The Hall–Kier alpha value is -2.37. The number of ether oxygens (including phenoxy) is 2. The van der Waals surface area contributed by atoms with E-state index in [0.29, 0.717) is 4.57 Å². The number of anilines is 1. The average molecular weight is 347 g/mol. The molecule has 0 spiro atoms. The van der Waals surface area contributed by atoms with Crippen molar-refractivity contribution < 1.29 is 33.3 Å². The van der Waals surface area contributed by atoms with Crippen LogP contribution in [-0.2, 0) is 9.47 Å². The summed E-state index contributed by atoms with van der Waals surface area (Å²) in [5.41, 5.74) is -1.15. The summed E-state index contributed by atoms with van der Waals surface area (Å²) >= 11 is 0. The van der Waals surface area contributed by atoms with Crippen LogP contribution in [0.1, 0.15) is 6.23 Å². The second kappa shape index (κ2) is 7.03. The van der Waals surface area contributed by atoms with E-state index in [0.717, 1.165) is 12.3 Å². The number of hydrogen-bond donors (Lipinski definition) is 3. The summed E-state index contributed by atoms with van der Waals surface area (Å²) < 4.78 is 37.9. The van der Waals surface area contributed by atoms with Crippen LogP contribution in [0.15, 0.2) is 29.7 Å². The molecule has 1 fully saturated rings. The minimum absolute atomic E-state index is 0.0640. The molecule has 1 aromatic rings. The summed E-state index contributed by atoms with van der Waals surface area (Å²) in [7, 11) is 0. The van der Waals surface area contributed by atoms with Gasteiger partial charge in [-0.2, -0.15) is 13.8 Å². The Bertz CT molecular complexity index is 680. The molecule has 1 saturated heterocycles. The number of alkyl halides is 2. The van der Waals surface area contributed by atoms with E-state index >= 15 is 0 Å². The van der Waals surface area contributed by atoms with Gasteiger partial charge in [0.2, 0.25) is 6.23 Å². The number of halogens is 2. The van der Waals surface area contributed by atoms with Crippen molar-refractivity contribution in [2.45, 2.75) is 24.4 Å². The molecule has 3 N–H and O–H groups in total. The van der Waals surface area contributed by atoms with Gasteiger partial charge >= 0.3 is 17.7 Å². The van der Waals surface area contributed by atoms with Gasteiger partial charge in [-0.1, -0.05) is 12.7 Å². The second-order valence-corrected chi connectivity index (χ2v) is 4.84. The lowest BCUT2D eigenvalue weighted by molar-refractivity contribution is -0.140. The maximum Gasteiger partial charge on any atom is 0.413 e. The first-order chi connectivity index (χ1) is 11.3. The molecule has 1 aliphatic rings. The number of aliphatic hydroxyl groups is 2. The number of nitrogens with one attached hydrogen (secondary N) is 1. The second-order valence-electron chi connectivity index (χ2n) is 4.84. The first-order valence-electron chi connectivity index (χ1n) is 6.77. The first-order valence-corrected chi connectivity index (χ1v) is 6.77. The molecule has 3 atom stereocenters. The van der Waals surface area contributed by atoms with E-state index in [1.54, 1.807) is 0 Å². The van der Waals surface area contributed by atoms with Crippen LogP contribution in [0.4, 0.5) is 19.4 Å². The molecule has 1 aliphatic heterocycles. The molecule has 11 heteroatoms. The largest absolute Gasteiger partial charge is 0.445 e. The van der Waals surface area contributed by atoms with Gasteiger partial charge in [0.1, 0.15) is 18.5 Å². The number of carbonyl (C=O) groups is 1. The topological polar surface area (TPSA) is 123 Å². The molecule has 9 nitrogen and oxygen atoms in total. The Morgan fingerprint density at radius 1 is 1.62 bits per heavy atom. The third kappa shape index (κ3) is 3.42. The molecular formula is C13H15F2N3O6. The number of rotatable bonds is 5. The fourth-order valence-electron chi connectivity index (χ4n) is 2.05. The molecule has 0 saturated carbocycles. The molecule has 0 radical (unpaired) electrons. The third-order valence-corrected chi connectivity index (χ3v) is 3.20. The molecule has 1 aromatic heterocycles. The fraction of sp³-hybridized carbons (Fsp3) is 0.462. The Balaban J connectivity index is 2.20. The normalized spacial score (nSPS) is 25.2. The van der Waals surface area contributed by atoms with Crippen molar-refractivity contribution in [2.75, 3.05) is 18.5 Å². The zero-order chi connectivity index (χ0) is 17.9. The molecule has 2 rings (SSSR count). The van der Waals surface area contributed by atoms with Crippen molar-refractivity contribution in [2.24, 2.45) is 0 Å². The van der Waals surface area contributed by atoms with Gasteiger partial charge in [0.25, 0.3) is 0 Å². The monoisotopic (exact) mass is 347 g/mol. The van der Waals surface area contributed by atoms with Gasteiger partial charge in [0.15, 0.2) is 6.10 Å². The van der Waals surface area contributed by atoms with Gasteiger partial charge in [-0.05, 0) is 6.07 Å². The van der Waals surface area contributed by atoms with Crippen molar-refractivity contribution in [1.29, 1.82) is 0 Å². The standard InChI is InChI=1S/C13H15F2N3O6/c1-2-5-23-12(22)17-8-3-4-18(11(21)16-8)10-13(14,15)9(20)7(6-19)24-10/h2-4,7,9-10,19-20H,1,5-6H2,(H,16,17,21,22)/t7-,9-,10+/m1/s1. The van der Waals surface area contributed by atoms with Gasteiger partial charge in [-0.25, -0.2) is 9.59 Å². The fourth-order valence-corrected chi connectivity index (χ4v) is 2.05. The Morgan fingerprint density at radius 2 is 2.33 bits per heavy atom. The van der Waals surface area contributed by atoms with Crippen LogP contribution in [-0.4, -0.2) is 57.2 Å². The highest BCUT2D eigenvalue weighted by Gasteiger charge is 2.59. The molecule has 0 unspecified atom stereocenters. The predicted molar refractivity (Wildman–Crippen MR) is 75.6 cm³/mol. The van der Waals surface area contributed by atoms with E-state index in [9.17, 15) is 23.5 Å². The summed E-state index contributed by atoms with van der Waals surface area (Å²) in [6.45, 7) is 2.44. The number of amides is 1. The number of hydrogen-bond acceptors (Lipinski definition) is 7. The average Bonchev–Trinajstić information content (AvgIpc) is 2.76. The van der Waals surface area contributed by atoms with E-state index in [4.69, 9.17) is 9.84 Å². The summed E-state index contributed by atoms with van der Waals surface area (Å²) in [6, 6.07) is 1.08. The molecule has 0 bridgehead atoms. The van der Waals surface area contributed by atoms with Crippen molar-refractivity contribution in [3.8, 4) is 0 Å².